The molecule has 1 atom stereocenters. The Morgan fingerprint density at radius 3 is 2.75 bits per heavy atom. The van der Waals surface area contributed by atoms with E-state index in [0.29, 0.717) is 6.04 Å². The molecule has 0 radical (unpaired) electrons. The Hall–Kier alpha value is -1.09. The molecule has 1 rings (SSSR count). The molecule has 0 saturated heterocycles. The maximum Gasteiger partial charge on any atom is 0.130 e. The average molecular weight is 221 g/mol. The second kappa shape index (κ2) is 6.48. The van der Waals surface area contributed by atoms with Crippen LogP contribution in [0, 0.1) is 0 Å². The smallest absolute Gasteiger partial charge is 0.130 e. The van der Waals surface area contributed by atoms with Gasteiger partial charge in [-0.25, -0.2) is 4.98 Å². The highest BCUT2D eigenvalue weighted by Crippen LogP contribution is 2.15. The molecule has 0 spiro atoms. The van der Waals surface area contributed by atoms with Crippen LogP contribution >= 0.6 is 0 Å². The lowest BCUT2D eigenvalue weighted by molar-refractivity contribution is 0.206. The fourth-order valence-corrected chi connectivity index (χ4v) is 1.85. The summed E-state index contributed by atoms with van der Waals surface area (Å²) < 4.78 is 0. The van der Waals surface area contributed by atoms with Gasteiger partial charge in [0.1, 0.15) is 5.82 Å². The number of hydrogen-bond acceptors (Lipinski definition) is 3. The number of rotatable bonds is 6. The van der Waals surface area contributed by atoms with Crippen molar-refractivity contribution >= 4 is 5.82 Å². The minimum Gasteiger partial charge on any atom is -0.373 e. The summed E-state index contributed by atoms with van der Waals surface area (Å²) in [4.78, 5) is 6.80. The maximum atomic E-state index is 4.33. The zero-order valence-corrected chi connectivity index (χ0v) is 10.8. The molecular weight excluding hydrogens is 198 g/mol. The van der Waals surface area contributed by atoms with Gasteiger partial charge >= 0.3 is 0 Å². The van der Waals surface area contributed by atoms with Gasteiger partial charge in [-0.15, -0.1) is 0 Å². The number of nitrogens with zero attached hydrogens (tertiary/aromatic N) is 2. The summed E-state index contributed by atoms with van der Waals surface area (Å²) in [5, 5.41) is 3.14. The largest absolute Gasteiger partial charge is 0.373 e. The van der Waals surface area contributed by atoms with E-state index in [4.69, 9.17) is 0 Å². The molecule has 3 nitrogen and oxygen atoms in total. The number of anilines is 1. The summed E-state index contributed by atoms with van der Waals surface area (Å²) in [7, 11) is 1.92. The predicted octanol–water partition coefficient (Wildman–Crippen LogP) is 2.74. The fraction of sp³-hybridized carbons (Fsp3) is 0.615. The van der Waals surface area contributed by atoms with Crippen LogP contribution in [-0.2, 0) is 6.54 Å². The molecule has 0 aromatic carbocycles. The van der Waals surface area contributed by atoms with E-state index in [1.165, 1.54) is 12.0 Å². The van der Waals surface area contributed by atoms with Gasteiger partial charge in [0.15, 0.2) is 0 Å². The van der Waals surface area contributed by atoms with Gasteiger partial charge in [-0.2, -0.15) is 0 Å². The molecule has 0 aliphatic rings. The minimum absolute atomic E-state index is 0.620. The van der Waals surface area contributed by atoms with Crippen molar-refractivity contribution < 1.29 is 0 Å². The zero-order valence-electron chi connectivity index (χ0n) is 10.8. The highest BCUT2D eigenvalue weighted by molar-refractivity contribution is 5.42. The van der Waals surface area contributed by atoms with Gasteiger partial charge < -0.3 is 5.32 Å². The molecular formula is C13H23N3. The van der Waals surface area contributed by atoms with Crippen molar-refractivity contribution in [2.75, 3.05) is 18.9 Å². The summed E-state index contributed by atoms with van der Waals surface area (Å²) in [5.74, 6) is 0.990. The molecule has 90 valence electrons. The zero-order chi connectivity index (χ0) is 12.0. The molecule has 0 aliphatic carbocycles. The molecule has 1 N–H and O–H groups in total. The Morgan fingerprint density at radius 2 is 2.19 bits per heavy atom. The van der Waals surface area contributed by atoms with E-state index in [2.05, 4.69) is 42.0 Å². The van der Waals surface area contributed by atoms with E-state index in [9.17, 15) is 0 Å². The van der Waals surface area contributed by atoms with Gasteiger partial charge in [-0.05, 0) is 26.0 Å². The molecule has 16 heavy (non-hydrogen) atoms. The second-order valence-corrected chi connectivity index (χ2v) is 4.08. The standard InChI is InChI=1S/C13H23N3/c1-5-11(3)16(6-2)10-12-8-7-9-15-13(12)14-4/h7-9,11H,5-6,10H2,1-4H3,(H,14,15). The summed E-state index contributed by atoms with van der Waals surface area (Å²) >= 11 is 0. The number of hydrogen-bond donors (Lipinski definition) is 1. The summed E-state index contributed by atoms with van der Waals surface area (Å²) in [5.41, 5.74) is 1.27. The lowest BCUT2D eigenvalue weighted by Gasteiger charge is -2.27. The van der Waals surface area contributed by atoms with Crippen LogP contribution in [0.5, 0.6) is 0 Å². The van der Waals surface area contributed by atoms with E-state index in [0.717, 1.165) is 18.9 Å². The summed E-state index contributed by atoms with van der Waals surface area (Å²) in [6.07, 6.45) is 3.01. The molecule has 1 aromatic rings. The van der Waals surface area contributed by atoms with E-state index >= 15 is 0 Å². The van der Waals surface area contributed by atoms with Gasteiger partial charge in [-0.3, -0.25) is 4.90 Å². The SMILES string of the molecule is CCC(C)N(CC)Cc1cccnc1NC. The number of aromatic nitrogens is 1. The summed E-state index contributed by atoms with van der Waals surface area (Å²) in [6.45, 7) is 8.76. The van der Waals surface area contributed by atoms with Crippen LogP contribution in [0.3, 0.4) is 0 Å². The normalized spacial score (nSPS) is 12.8. The van der Waals surface area contributed by atoms with Crippen molar-refractivity contribution in [1.29, 1.82) is 0 Å². The molecule has 3 heteroatoms. The fourth-order valence-electron chi connectivity index (χ4n) is 1.85. The number of pyridine rings is 1. The molecule has 0 fully saturated rings. The quantitative estimate of drug-likeness (QED) is 0.800. The monoisotopic (exact) mass is 221 g/mol. The molecule has 1 aromatic heterocycles. The van der Waals surface area contributed by atoms with Gasteiger partial charge in [0.2, 0.25) is 0 Å². The molecule has 0 aliphatic heterocycles. The summed E-state index contributed by atoms with van der Waals surface area (Å²) in [6, 6.07) is 4.76. The number of nitrogens with one attached hydrogen (secondary N) is 1. The Labute approximate surface area is 98.9 Å². The highest BCUT2D eigenvalue weighted by Gasteiger charge is 2.12. The van der Waals surface area contributed by atoms with Gasteiger partial charge in [-0.1, -0.05) is 19.9 Å². The van der Waals surface area contributed by atoms with Crippen molar-refractivity contribution in [3.8, 4) is 0 Å². The van der Waals surface area contributed by atoms with Crippen LogP contribution in [0.4, 0.5) is 5.82 Å². The first kappa shape index (κ1) is 13.0. The Kier molecular flexibility index (Phi) is 5.26. The van der Waals surface area contributed by atoms with E-state index < -0.39 is 0 Å². The average Bonchev–Trinajstić information content (AvgIpc) is 2.35. The topological polar surface area (TPSA) is 28.2 Å². The predicted molar refractivity (Wildman–Crippen MR) is 69.6 cm³/mol. The maximum absolute atomic E-state index is 4.33. The van der Waals surface area contributed by atoms with Crippen LogP contribution in [0.1, 0.15) is 32.8 Å². The van der Waals surface area contributed by atoms with Crippen LogP contribution in [-0.4, -0.2) is 29.5 Å². The van der Waals surface area contributed by atoms with Crippen LogP contribution in [0.25, 0.3) is 0 Å². The molecule has 1 unspecified atom stereocenters. The molecule has 0 amide bonds. The highest BCUT2D eigenvalue weighted by atomic mass is 15.1. The third-order valence-corrected chi connectivity index (χ3v) is 3.12. The lowest BCUT2D eigenvalue weighted by atomic mass is 10.1. The van der Waals surface area contributed by atoms with Crippen molar-refractivity contribution in [3.63, 3.8) is 0 Å². The van der Waals surface area contributed by atoms with E-state index in [-0.39, 0.29) is 0 Å². The first-order valence-corrected chi connectivity index (χ1v) is 6.08. The third-order valence-electron chi connectivity index (χ3n) is 3.12. The molecule has 0 bridgehead atoms. The van der Waals surface area contributed by atoms with Crippen LogP contribution in [0.15, 0.2) is 18.3 Å². The van der Waals surface area contributed by atoms with Gasteiger partial charge in [0.05, 0.1) is 0 Å². The van der Waals surface area contributed by atoms with Crippen molar-refractivity contribution in [2.45, 2.75) is 39.8 Å². The third kappa shape index (κ3) is 3.20. The van der Waals surface area contributed by atoms with Crippen molar-refractivity contribution in [2.24, 2.45) is 0 Å². The Balaban J connectivity index is 2.77. The first-order chi connectivity index (χ1) is 7.72. The minimum atomic E-state index is 0.620. The lowest BCUT2D eigenvalue weighted by Crippen LogP contribution is -2.32. The van der Waals surface area contributed by atoms with Crippen LogP contribution < -0.4 is 5.32 Å². The van der Waals surface area contributed by atoms with Gasteiger partial charge in [0, 0.05) is 31.4 Å². The molecule has 1 heterocycles. The first-order valence-electron chi connectivity index (χ1n) is 6.08. The van der Waals surface area contributed by atoms with Gasteiger partial charge in [0.25, 0.3) is 0 Å². The van der Waals surface area contributed by atoms with Crippen molar-refractivity contribution in [1.82, 2.24) is 9.88 Å². The van der Waals surface area contributed by atoms with Crippen LogP contribution in [0.2, 0.25) is 0 Å². The Bertz CT molecular complexity index is 312. The van der Waals surface area contributed by atoms with E-state index in [1.54, 1.807) is 0 Å². The molecule has 0 saturated carbocycles. The van der Waals surface area contributed by atoms with Crippen molar-refractivity contribution in [3.05, 3.63) is 23.9 Å². The van der Waals surface area contributed by atoms with E-state index in [1.807, 2.05) is 19.3 Å². The second-order valence-electron chi connectivity index (χ2n) is 4.08. The Morgan fingerprint density at radius 1 is 1.44 bits per heavy atom.